The van der Waals surface area contributed by atoms with Gasteiger partial charge in [0.1, 0.15) is 0 Å². The lowest BCUT2D eigenvalue weighted by Crippen LogP contribution is -2.28. The maximum Gasteiger partial charge on any atom is 0.0230 e. The van der Waals surface area contributed by atoms with E-state index in [0.717, 1.165) is 19.6 Å². The Morgan fingerprint density at radius 3 is 2.28 bits per heavy atom. The summed E-state index contributed by atoms with van der Waals surface area (Å²) in [6.45, 7) is 9.45. The molecule has 2 N–H and O–H groups in total. The predicted octanol–water partition coefficient (Wildman–Crippen LogP) is 3.21. The second kappa shape index (κ2) is 7.82. The first-order chi connectivity index (χ1) is 8.51. The fraction of sp³-hybridized carbons (Fsp3) is 0.600. The van der Waals surface area contributed by atoms with Crippen molar-refractivity contribution in [2.75, 3.05) is 20.1 Å². The van der Waals surface area contributed by atoms with Gasteiger partial charge in [-0.1, -0.05) is 32.9 Å². The summed E-state index contributed by atoms with van der Waals surface area (Å²) in [5, 5.41) is 0.643. The standard InChI is InChI=1S/C15H26N2S/c1-12(2)18-15-7-5-14(6-8-15)11-17(4)10-13(3)9-16/h5-8,12-13H,9-11,16H2,1-4H3. The summed E-state index contributed by atoms with van der Waals surface area (Å²) >= 11 is 1.91. The molecule has 0 aromatic heterocycles. The topological polar surface area (TPSA) is 29.3 Å². The average molecular weight is 266 g/mol. The Balaban J connectivity index is 2.47. The summed E-state index contributed by atoms with van der Waals surface area (Å²) in [7, 11) is 2.16. The van der Waals surface area contributed by atoms with Crippen LogP contribution < -0.4 is 5.73 Å². The SMILES string of the molecule is CC(CN)CN(C)Cc1ccc(SC(C)C)cc1. The van der Waals surface area contributed by atoms with Crippen molar-refractivity contribution in [3.8, 4) is 0 Å². The van der Waals surface area contributed by atoms with Crippen LogP contribution in [0, 0.1) is 5.92 Å². The number of hydrogen-bond acceptors (Lipinski definition) is 3. The second-order valence-electron chi connectivity index (χ2n) is 5.35. The van der Waals surface area contributed by atoms with Crippen molar-refractivity contribution in [3.63, 3.8) is 0 Å². The first-order valence-electron chi connectivity index (χ1n) is 6.65. The Morgan fingerprint density at radius 1 is 1.17 bits per heavy atom. The number of nitrogens with zero attached hydrogens (tertiary/aromatic N) is 1. The van der Waals surface area contributed by atoms with Crippen LogP contribution in [0.1, 0.15) is 26.3 Å². The van der Waals surface area contributed by atoms with Crippen LogP contribution in [0.5, 0.6) is 0 Å². The molecule has 2 nitrogen and oxygen atoms in total. The highest BCUT2D eigenvalue weighted by Gasteiger charge is 2.05. The average Bonchev–Trinajstić information content (AvgIpc) is 2.30. The Morgan fingerprint density at radius 2 is 1.78 bits per heavy atom. The molecule has 102 valence electrons. The van der Waals surface area contributed by atoms with Crippen molar-refractivity contribution in [2.45, 2.75) is 37.5 Å². The van der Waals surface area contributed by atoms with E-state index < -0.39 is 0 Å². The molecule has 1 aromatic rings. The van der Waals surface area contributed by atoms with Gasteiger partial charge in [0.2, 0.25) is 0 Å². The van der Waals surface area contributed by atoms with E-state index >= 15 is 0 Å². The molecule has 0 bridgehead atoms. The maximum atomic E-state index is 5.65. The zero-order valence-corrected chi connectivity index (χ0v) is 12.8. The van der Waals surface area contributed by atoms with Crippen LogP contribution in [0.2, 0.25) is 0 Å². The number of rotatable bonds is 7. The van der Waals surface area contributed by atoms with Crippen LogP contribution >= 0.6 is 11.8 Å². The molecule has 0 saturated carbocycles. The predicted molar refractivity (Wildman–Crippen MR) is 82.0 cm³/mol. The van der Waals surface area contributed by atoms with Crippen LogP contribution in [-0.4, -0.2) is 30.3 Å². The van der Waals surface area contributed by atoms with Gasteiger partial charge in [0.25, 0.3) is 0 Å². The lowest BCUT2D eigenvalue weighted by Gasteiger charge is -2.20. The van der Waals surface area contributed by atoms with E-state index in [9.17, 15) is 0 Å². The first kappa shape index (κ1) is 15.5. The molecule has 1 unspecified atom stereocenters. The highest BCUT2D eigenvalue weighted by atomic mass is 32.2. The van der Waals surface area contributed by atoms with Gasteiger partial charge < -0.3 is 10.6 Å². The Hall–Kier alpha value is -0.510. The van der Waals surface area contributed by atoms with Gasteiger partial charge >= 0.3 is 0 Å². The maximum absolute atomic E-state index is 5.65. The Labute approximate surface area is 116 Å². The summed E-state index contributed by atoms with van der Waals surface area (Å²) in [6, 6.07) is 8.91. The molecular formula is C15H26N2S. The number of benzene rings is 1. The van der Waals surface area contributed by atoms with Gasteiger partial charge in [-0.25, -0.2) is 0 Å². The number of hydrogen-bond donors (Lipinski definition) is 1. The molecule has 0 radical (unpaired) electrons. The largest absolute Gasteiger partial charge is 0.330 e. The van der Waals surface area contributed by atoms with Gasteiger partial charge in [0.15, 0.2) is 0 Å². The van der Waals surface area contributed by atoms with Crippen LogP contribution in [-0.2, 0) is 6.54 Å². The van der Waals surface area contributed by atoms with Crippen molar-refractivity contribution in [2.24, 2.45) is 11.7 Å². The summed E-state index contributed by atoms with van der Waals surface area (Å²) < 4.78 is 0. The highest BCUT2D eigenvalue weighted by molar-refractivity contribution is 7.99. The normalized spacial score (nSPS) is 13.3. The molecule has 1 aromatic carbocycles. The lowest BCUT2D eigenvalue weighted by atomic mass is 10.1. The molecule has 0 saturated heterocycles. The van der Waals surface area contributed by atoms with Crippen molar-refractivity contribution in [3.05, 3.63) is 29.8 Å². The molecule has 1 rings (SSSR count). The fourth-order valence-electron chi connectivity index (χ4n) is 1.93. The molecule has 0 aliphatic heterocycles. The van der Waals surface area contributed by atoms with Gasteiger partial charge in [-0.15, -0.1) is 11.8 Å². The van der Waals surface area contributed by atoms with Crippen molar-refractivity contribution >= 4 is 11.8 Å². The molecule has 0 heterocycles. The molecule has 18 heavy (non-hydrogen) atoms. The molecule has 0 aliphatic rings. The summed E-state index contributed by atoms with van der Waals surface area (Å²) in [5.74, 6) is 0.561. The first-order valence-corrected chi connectivity index (χ1v) is 7.53. The summed E-state index contributed by atoms with van der Waals surface area (Å²) in [5.41, 5.74) is 7.02. The number of thioether (sulfide) groups is 1. The molecule has 0 aliphatic carbocycles. The van der Waals surface area contributed by atoms with Crippen molar-refractivity contribution in [1.82, 2.24) is 4.90 Å². The van der Waals surface area contributed by atoms with Gasteiger partial charge in [-0.2, -0.15) is 0 Å². The lowest BCUT2D eigenvalue weighted by molar-refractivity contribution is 0.282. The van der Waals surface area contributed by atoms with Crippen LogP contribution in [0.15, 0.2) is 29.2 Å². The monoisotopic (exact) mass is 266 g/mol. The third-order valence-electron chi connectivity index (χ3n) is 2.77. The minimum Gasteiger partial charge on any atom is -0.330 e. The number of nitrogens with two attached hydrogens (primary N) is 1. The molecule has 0 spiro atoms. The van der Waals surface area contributed by atoms with Gasteiger partial charge in [0.05, 0.1) is 0 Å². The Kier molecular flexibility index (Phi) is 6.76. The highest BCUT2D eigenvalue weighted by Crippen LogP contribution is 2.23. The van der Waals surface area contributed by atoms with Crippen molar-refractivity contribution < 1.29 is 0 Å². The zero-order valence-electron chi connectivity index (χ0n) is 12.0. The summed E-state index contributed by atoms with van der Waals surface area (Å²) in [6.07, 6.45) is 0. The van der Waals surface area contributed by atoms with E-state index in [-0.39, 0.29) is 0 Å². The minimum atomic E-state index is 0.561. The van der Waals surface area contributed by atoms with Crippen LogP contribution in [0.4, 0.5) is 0 Å². The van der Waals surface area contributed by atoms with Gasteiger partial charge in [-0.3, -0.25) is 0 Å². The van der Waals surface area contributed by atoms with E-state index in [2.05, 4.69) is 57.0 Å². The third kappa shape index (κ3) is 5.89. The van der Waals surface area contributed by atoms with E-state index in [0.29, 0.717) is 11.2 Å². The Bertz CT molecular complexity index is 335. The summed E-state index contributed by atoms with van der Waals surface area (Å²) in [4.78, 5) is 3.69. The van der Waals surface area contributed by atoms with Crippen molar-refractivity contribution in [1.29, 1.82) is 0 Å². The van der Waals surface area contributed by atoms with Crippen LogP contribution in [0.3, 0.4) is 0 Å². The molecular weight excluding hydrogens is 240 g/mol. The smallest absolute Gasteiger partial charge is 0.0230 e. The fourth-order valence-corrected chi connectivity index (χ4v) is 2.77. The quantitative estimate of drug-likeness (QED) is 0.768. The second-order valence-corrected chi connectivity index (χ2v) is 7.00. The van der Waals surface area contributed by atoms with Crippen LogP contribution in [0.25, 0.3) is 0 Å². The molecule has 1 atom stereocenters. The van der Waals surface area contributed by atoms with E-state index in [1.165, 1.54) is 10.5 Å². The van der Waals surface area contributed by atoms with Gasteiger partial charge in [0, 0.05) is 23.2 Å². The van der Waals surface area contributed by atoms with E-state index in [1.807, 2.05) is 11.8 Å². The zero-order chi connectivity index (χ0) is 13.5. The molecule has 0 fully saturated rings. The third-order valence-corrected chi connectivity index (χ3v) is 3.79. The molecule has 0 amide bonds. The van der Waals surface area contributed by atoms with E-state index in [4.69, 9.17) is 5.73 Å². The minimum absolute atomic E-state index is 0.561. The molecule has 3 heteroatoms. The van der Waals surface area contributed by atoms with Gasteiger partial charge in [-0.05, 0) is 37.2 Å². The van der Waals surface area contributed by atoms with E-state index in [1.54, 1.807) is 0 Å².